The van der Waals surface area contributed by atoms with E-state index in [1.54, 1.807) is 19.2 Å². The van der Waals surface area contributed by atoms with E-state index in [0.717, 1.165) is 25.3 Å². The highest BCUT2D eigenvalue weighted by molar-refractivity contribution is 6.04. The Hall–Kier alpha value is -2.37. The lowest BCUT2D eigenvalue weighted by molar-refractivity contribution is 0.102. The minimum absolute atomic E-state index is 0.137. The summed E-state index contributed by atoms with van der Waals surface area (Å²) >= 11 is 0. The van der Waals surface area contributed by atoms with Crippen molar-refractivity contribution < 1.29 is 14.3 Å². The van der Waals surface area contributed by atoms with E-state index in [-0.39, 0.29) is 5.91 Å². The zero-order chi connectivity index (χ0) is 18.9. The van der Waals surface area contributed by atoms with E-state index >= 15 is 0 Å². The van der Waals surface area contributed by atoms with Crippen molar-refractivity contribution in [1.29, 1.82) is 0 Å². The summed E-state index contributed by atoms with van der Waals surface area (Å²) in [6, 6.07) is 15.3. The molecule has 144 valence electrons. The molecule has 1 aliphatic rings. The monoisotopic (exact) mass is 368 g/mol. The number of methoxy groups -OCH3 is 1. The molecule has 0 atom stereocenters. The Morgan fingerprint density at radius 1 is 1.04 bits per heavy atom. The molecule has 2 aromatic rings. The third-order valence-electron chi connectivity index (χ3n) is 4.69. The molecule has 0 aromatic heterocycles. The van der Waals surface area contributed by atoms with E-state index in [0.29, 0.717) is 24.5 Å². The number of anilines is 1. The third-order valence-corrected chi connectivity index (χ3v) is 4.69. The lowest BCUT2D eigenvalue weighted by atomic mass is 10.1. The highest BCUT2D eigenvalue weighted by atomic mass is 16.5. The fourth-order valence-electron chi connectivity index (χ4n) is 3.30. The van der Waals surface area contributed by atoms with Gasteiger partial charge in [-0.1, -0.05) is 24.6 Å². The predicted octanol–water partition coefficient (Wildman–Crippen LogP) is 3.95. The summed E-state index contributed by atoms with van der Waals surface area (Å²) in [5.41, 5.74) is 2.62. The molecule has 0 unspecified atom stereocenters. The van der Waals surface area contributed by atoms with E-state index < -0.39 is 0 Å². The molecule has 0 aliphatic carbocycles. The van der Waals surface area contributed by atoms with Gasteiger partial charge in [0.05, 0.1) is 6.61 Å². The van der Waals surface area contributed by atoms with Gasteiger partial charge in [0.2, 0.25) is 0 Å². The van der Waals surface area contributed by atoms with Crippen molar-refractivity contribution in [2.45, 2.75) is 25.8 Å². The number of ether oxygens (including phenoxy) is 2. The van der Waals surface area contributed by atoms with E-state index in [9.17, 15) is 4.79 Å². The van der Waals surface area contributed by atoms with Gasteiger partial charge in [-0.2, -0.15) is 0 Å². The summed E-state index contributed by atoms with van der Waals surface area (Å²) in [4.78, 5) is 15.1. The van der Waals surface area contributed by atoms with Crippen molar-refractivity contribution in [3.63, 3.8) is 0 Å². The lowest BCUT2D eigenvalue weighted by Gasteiger charge is -2.26. The van der Waals surface area contributed by atoms with Crippen molar-refractivity contribution in [2.24, 2.45) is 0 Å². The molecule has 5 heteroatoms. The van der Waals surface area contributed by atoms with Gasteiger partial charge in [0, 0.05) is 24.9 Å². The minimum atomic E-state index is -0.137. The van der Waals surface area contributed by atoms with Crippen molar-refractivity contribution >= 4 is 11.6 Å². The smallest absolute Gasteiger partial charge is 0.255 e. The Bertz CT molecular complexity index is 742. The maximum Gasteiger partial charge on any atom is 0.255 e. The normalized spacial score (nSPS) is 14.7. The van der Waals surface area contributed by atoms with Crippen molar-refractivity contribution in [1.82, 2.24) is 4.90 Å². The first-order valence-electron chi connectivity index (χ1n) is 9.59. The second kappa shape index (κ2) is 10.1. The highest BCUT2D eigenvalue weighted by Gasteiger charge is 2.12. The van der Waals surface area contributed by atoms with E-state index in [2.05, 4.69) is 22.3 Å². The lowest BCUT2D eigenvalue weighted by Crippen LogP contribution is -2.29. The number of nitrogens with one attached hydrogen (secondary N) is 1. The number of piperidine rings is 1. The maximum atomic E-state index is 12.6. The average Bonchev–Trinajstić information content (AvgIpc) is 2.69. The summed E-state index contributed by atoms with van der Waals surface area (Å²) in [6.45, 7) is 4.23. The van der Waals surface area contributed by atoms with Crippen LogP contribution in [0.5, 0.6) is 5.75 Å². The Balaban J connectivity index is 1.60. The SMILES string of the molecule is COCCOc1cccc(C(=O)Nc2cccc(CN3CCCCC3)c2)c1. The summed E-state index contributed by atoms with van der Waals surface area (Å²) < 4.78 is 10.6. The number of benzene rings is 2. The first-order chi connectivity index (χ1) is 13.2. The Kier molecular flexibility index (Phi) is 7.25. The van der Waals surface area contributed by atoms with Gasteiger partial charge in [-0.25, -0.2) is 0 Å². The van der Waals surface area contributed by atoms with Crippen LogP contribution in [0, 0.1) is 0 Å². The van der Waals surface area contributed by atoms with Crippen LogP contribution in [0.2, 0.25) is 0 Å². The number of likely N-dealkylation sites (tertiary alicyclic amines) is 1. The zero-order valence-corrected chi connectivity index (χ0v) is 15.9. The fourth-order valence-corrected chi connectivity index (χ4v) is 3.30. The van der Waals surface area contributed by atoms with Crippen LogP contribution in [0.4, 0.5) is 5.69 Å². The zero-order valence-electron chi connectivity index (χ0n) is 15.9. The summed E-state index contributed by atoms with van der Waals surface area (Å²) in [5.74, 6) is 0.529. The van der Waals surface area contributed by atoms with E-state index in [1.165, 1.54) is 24.8 Å². The summed E-state index contributed by atoms with van der Waals surface area (Å²) in [5, 5.41) is 2.99. The van der Waals surface area contributed by atoms with Gasteiger partial charge in [-0.05, 0) is 61.8 Å². The maximum absolute atomic E-state index is 12.6. The van der Waals surface area contributed by atoms with Gasteiger partial charge in [-0.3, -0.25) is 9.69 Å². The fraction of sp³-hybridized carbons (Fsp3) is 0.409. The quantitative estimate of drug-likeness (QED) is 0.717. The molecular weight excluding hydrogens is 340 g/mol. The summed E-state index contributed by atoms with van der Waals surface area (Å²) in [6.07, 6.45) is 3.89. The molecule has 27 heavy (non-hydrogen) atoms. The van der Waals surface area contributed by atoms with Gasteiger partial charge in [0.1, 0.15) is 12.4 Å². The molecule has 3 rings (SSSR count). The van der Waals surface area contributed by atoms with Crippen LogP contribution in [0.1, 0.15) is 35.2 Å². The van der Waals surface area contributed by atoms with Gasteiger partial charge in [-0.15, -0.1) is 0 Å². The van der Waals surface area contributed by atoms with Gasteiger partial charge in [0.15, 0.2) is 0 Å². The third kappa shape index (κ3) is 6.08. The first kappa shape index (κ1) is 19.4. The molecule has 1 aliphatic heterocycles. The molecule has 0 bridgehead atoms. The van der Waals surface area contributed by atoms with Crippen LogP contribution in [-0.4, -0.2) is 44.2 Å². The first-order valence-corrected chi connectivity index (χ1v) is 9.59. The summed E-state index contributed by atoms with van der Waals surface area (Å²) in [7, 11) is 1.63. The van der Waals surface area contributed by atoms with Crippen LogP contribution in [0.15, 0.2) is 48.5 Å². The largest absolute Gasteiger partial charge is 0.491 e. The predicted molar refractivity (Wildman–Crippen MR) is 107 cm³/mol. The molecule has 1 heterocycles. The van der Waals surface area contributed by atoms with Crippen molar-refractivity contribution in [3.05, 3.63) is 59.7 Å². The molecular formula is C22H28N2O3. The number of carbonyl (C=O) groups is 1. The number of carbonyl (C=O) groups excluding carboxylic acids is 1. The number of rotatable bonds is 8. The molecule has 0 spiro atoms. The number of amides is 1. The Morgan fingerprint density at radius 2 is 1.85 bits per heavy atom. The van der Waals surface area contributed by atoms with Crippen LogP contribution >= 0.6 is 0 Å². The van der Waals surface area contributed by atoms with Crippen LogP contribution in [0.25, 0.3) is 0 Å². The topological polar surface area (TPSA) is 50.8 Å². The van der Waals surface area contributed by atoms with Crippen molar-refractivity contribution in [3.8, 4) is 5.75 Å². The van der Waals surface area contributed by atoms with Crippen LogP contribution in [-0.2, 0) is 11.3 Å². The Morgan fingerprint density at radius 3 is 2.67 bits per heavy atom. The molecule has 5 nitrogen and oxygen atoms in total. The number of nitrogens with zero attached hydrogens (tertiary/aromatic N) is 1. The molecule has 2 aromatic carbocycles. The van der Waals surface area contributed by atoms with E-state index in [1.807, 2.05) is 24.3 Å². The molecule has 1 saturated heterocycles. The molecule has 0 saturated carbocycles. The van der Waals surface area contributed by atoms with Gasteiger partial charge >= 0.3 is 0 Å². The van der Waals surface area contributed by atoms with Crippen LogP contribution < -0.4 is 10.1 Å². The average molecular weight is 368 g/mol. The Labute approximate surface area is 161 Å². The highest BCUT2D eigenvalue weighted by Crippen LogP contribution is 2.18. The number of hydrogen-bond acceptors (Lipinski definition) is 4. The minimum Gasteiger partial charge on any atom is -0.491 e. The van der Waals surface area contributed by atoms with Crippen LogP contribution in [0.3, 0.4) is 0 Å². The van der Waals surface area contributed by atoms with E-state index in [4.69, 9.17) is 9.47 Å². The second-order valence-corrected chi connectivity index (χ2v) is 6.86. The molecule has 1 fully saturated rings. The molecule has 1 amide bonds. The van der Waals surface area contributed by atoms with Crippen molar-refractivity contribution in [2.75, 3.05) is 38.7 Å². The molecule has 1 N–H and O–H groups in total. The van der Waals surface area contributed by atoms with Gasteiger partial charge in [0.25, 0.3) is 5.91 Å². The van der Waals surface area contributed by atoms with Gasteiger partial charge < -0.3 is 14.8 Å². The number of hydrogen-bond donors (Lipinski definition) is 1. The second-order valence-electron chi connectivity index (χ2n) is 6.86. The molecule has 0 radical (unpaired) electrons. The standard InChI is InChI=1S/C22H28N2O3/c1-26-13-14-27-21-10-6-8-19(16-21)22(25)23-20-9-5-7-18(15-20)17-24-11-3-2-4-12-24/h5-10,15-16H,2-4,11-14,17H2,1H3,(H,23,25).